The minimum atomic E-state index is -4.77. The van der Waals surface area contributed by atoms with E-state index >= 15 is 0 Å². The first-order valence-corrected chi connectivity index (χ1v) is 7.08. The molecule has 1 aromatic heterocycles. The van der Waals surface area contributed by atoms with E-state index in [1.807, 2.05) is 0 Å². The summed E-state index contributed by atoms with van der Waals surface area (Å²) in [6, 6.07) is 2.96. The fourth-order valence-electron chi connectivity index (χ4n) is 1.93. The molecule has 0 spiro atoms. The number of benzene rings is 1. The number of carbonyl (C=O) groups is 1. The number of carbonyl (C=O) groups excluding carboxylic acids is 1. The largest absolute Gasteiger partial charge is 0.419 e. The highest BCUT2D eigenvalue weighted by Crippen LogP contribution is 2.32. The van der Waals surface area contributed by atoms with E-state index in [1.165, 1.54) is 17.4 Å². The Labute approximate surface area is 128 Å². The van der Waals surface area contributed by atoms with Crippen molar-refractivity contribution in [2.24, 2.45) is 0 Å². The van der Waals surface area contributed by atoms with Crippen molar-refractivity contribution in [3.8, 4) is 0 Å². The Bertz CT molecular complexity index is 709. The zero-order valence-corrected chi connectivity index (χ0v) is 12.5. The third kappa shape index (κ3) is 3.44. The molecule has 1 N–H and O–H groups in total. The van der Waals surface area contributed by atoms with Gasteiger partial charge in [0.15, 0.2) is 0 Å². The van der Waals surface area contributed by atoms with Crippen LogP contribution in [0.25, 0.3) is 0 Å². The molecule has 0 atom stereocenters. The third-order valence-electron chi connectivity index (χ3n) is 2.94. The molecule has 1 aromatic carbocycles. The third-order valence-corrected chi connectivity index (χ3v) is 3.83. The van der Waals surface area contributed by atoms with Crippen molar-refractivity contribution < 1.29 is 22.4 Å². The second-order valence-electron chi connectivity index (χ2n) is 4.60. The fourth-order valence-corrected chi connectivity index (χ4v) is 2.75. The highest BCUT2D eigenvalue weighted by molar-refractivity contribution is 7.11. The molecule has 1 heterocycles. The lowest BCUT2D eigenvalue weighted by atomic mass is 10.1. The average molecular weight is 332 g/mol. The molecule has 0 radical (unpaired) electrons. The zero-order valence-electron chi connectivity index (χ0n) is 11.7. The molecule has 0 unspecified atom stereocenters. The van der Waals surface area contributed by atoms with Crippen LogP contribution in [0, 0.1) is 19.7 Å². The number of thiazole rings is 1. The minimum absolute atomic E-state index is 0.204. The van der Waals surface area contributed by atoms with Gasteiger partial charge in [-0.3, -0.25) is 4.79 Å². The van der Waals surface area contributed by atoms with Gasteiger partial charge >= 0.3 is 6.18 Å². The van der Waals surface area contributed by atoms with E-state index in [0.29, 0.717) is 16.0 Å². The first-order chi connectivity index (χ1) is 10.2. The number of rotatable bonds is 3. The Morgan fingerprint density at radius 1 is 1.32 bits per heavy atom. The molecule has 118 valence electrons. The Hall–Kier alpha value is -1.96. The second-order valence-corrected chi connectivity index (χ2v) is 6.00. The molecule has 0 saturated carbocycles. The monoisotopic (exact) mass is 332 g/mol. The quantitative estimate of drug-likeness (QED) is 0.868. The number of hydrogen-bond donors (Lipinski definition) is 1. The Kier molecular flexibility index (Phi) is 4.50. The van der Waals surface area contributed by atoms with Crippen molar-refractivity contribution >= 4 is 17.2 Å². The first-order valence-electron chi connectivity index (χ1n) is 6.27. The second kappa shape index (κ2) is 6.04. The molecule has 2 aromatic rings. The van der Waals surface area contributed by atoms with Crippen molar-refractivity contribution in [2.75, 3.05) is 0 Å². The number of alkyl halides is 3. The number of amides is 1. The van der Waals surface area contributed by atoms with Crippen molar-refractivity contribution in [3.63, 3.8) is 0 Å². The number of aromatic nitrogens is 1. The lowest BCUT2D eigenvalue weighted by molar-refractivity contribution is -0.140. The zero-order chi connectivity index (χ0) is 16.5. The highest BCUT2D eigenvalue weighted by Gasteiger charge is 2.34. The number of hydrogen-bond acceptors (Lipinski definition) is 3. The Balaban J connectivity index is 2.16. The van der Waals surface area contributed by atoms with Crippen molar-refractivity contribution in [1.82, 2.24) is 10.3 Å². The maximum Gasteiger partial charge on any atom is 0.419 e. The van der Waals surface area contributed by atoms with E-state index in [9.17, 15) is 22.4 Å². The lowest BCUT2D eigenvalue weighted by Gasteiger charge is -2.11. The van der Waals surface area contributed by atoms with E-state index < -0.39 is 23.5 Å². The predicted octanol–water partition coefficient (Wildman–Crippen LogP) is 3.85. The molecule has 0 fully saturated rings. The molecular formula is C14H12F4N2OS. The van der Waals surface area contributed by atoms with E-state index in [4.69, 9.17) is 0 Å². The number of halogens is 4. The van der Waals surface area contributed by atoms with E-state index in [1.54, 1.807) is 13.8 Å². The van der Waals surface area contributed by atoms with E-state index in [0.717, 1.165) is 6.07 Å². The summed E-state index contributed by atoms with van der Waals surface area (Å²) in [6.07, 6.45) is -4.77. The summed E-state index contributed by atoms with van der Waals surface area (Å²) < 4.78 is 51.7. The Morgan fingerprint density at radius 3 is 2.55 bits per heavy atom. The van der Waals surface area contributed by atoms with Crippen molar-refractivity contribution in [3.05, 3.63) is 50.7 Å². The maximum absolute atomic E-state index is 13.8. The topological polar surface area (TPSA) is 42.0 Å². The molecule has 3 nitrogen and oxygen atoms in total. The van der Waals surface area contributed by atoms with Crippen LogP contribution in [0.2, 0.25) is 0 Å². The average Bonchev–Trinajstić information content (AvgIpc) is 2.75. The van der Waals surface area contributed by atoms with E-state index in [2.05, 4.69) is 10.3 Å². The normalized spacial score (nSPS) is 11.5. The van der Waals surface area contributed by atoms with Gasteiger partial charge in [-0.15, -0.1) is 11.3 Å². The molecule has 0 aliphatic carbocycles. The Morgan fingerprint density at radius 2 is 2.00 bits per heavy atom. The summed E-state index contributed by atoms with van der Waals surface area (Å²) in [5.41, 5.74) is -1.37. The van der Waals surface area contributed by atoms with Gasteiger partial charge in [-0.1, -0.05) is 12.1 Å². The van der Waals surface area contributed by atoms with Gasteiger partial charge in [0, 0.05) is 17.0 Å². The summed E-state index contributed by atoms with van der Waals surface area (Å²) in [5, 5.41) is 3.09. The van der Waals surface area contributed by atoms with Gasteiger partial charge in [0.25, 0.3) is 5.91 Å². The summed E-state index contributed by atoms with van der Waals surface area (Å²) in [6.45, 7) is 3.11. The lowest BCUT2D eigenvalue weighted by Crippen LogP contribution is -2.25. The highest BCUT2D eigenvalue weighted by atomic mass is 32.1. The van der Waals surface area contributed by atoms with Crippen LogP contribution in [0.15, 0.2) is 18.2 Å². The predicted molar refractivity (Wildman–Crippen MR) is 74.2 cm³/mol. The summed E-state index contributed by atoms with van der Waals surface area (Å²) >= 11 is 1.33. The first kappa shape index (κ1) is 16.4. The smallest absolute Gasteiger partial charge is 0.346 e. The van der Waals surface area contributed by atoms with Gasteiger partial charge in [-0.05, 0) is 19.9 Å². The summed E-state index contributed by atoms with van der Waals surface area (Å²) in [7, 11) is 0. The number of nitrogens with one attached hydrogen (secondary N) is 1. The number of aryl methyl sites for hydroxylation is 2. The van der Waals surface area contributed by atoms with Crippen LogP contribution in [0.4, 0.5) is 17.6 Å². The van der Waals surface area contributed by atoms with E-state index in [-0.39, 0.29) is 17.8 Å². The van der Waals surface area contributed by atoms with Crippen LogP contribution >= 0.6 is 11.3 Å². The van der Waals surface area contributed by atoms with Crippen LogP contribution in [0.5, 0.6) is 0 Å². The van der Waals surface area contributed by atoms with Gasteiger partial charge in [0.1, 0.15) is 11.5 Å². The summed E-state index contributed by atoms with van der Waals surface area (Å²) in [4.78, 5) is 16.7. The van der Waals surface area contributed by atoms with Crippen molar-refractivity contribution in [2.45, 2.75) is 26.6 Å². The molecule has 0 bridgehead atoms. The molecule has 2 rings (SSSR count). The van der Waals surface area contributed by atoms with Gasteiger partial charge in [-0.2, -0.15) is 13.2 Å². The van der Waals surface area contributed by atoms with Gasteiger partial charge < -0.3 is 5.32 Å². The van der Waals surface area contributed by atoms with Crippen LogP contribution < -0.4 is 5.32 Å². The van der Waals surface area contributed by atoms with Gasteiger partial charge in [0.2, 0.25) is 0 Å². The molecule has 22 heavy (non-hydrogen) atoms. The van der Waals surface area contributed by atoms with Crippen LogP contribution in [0.3, 0.4) is 0 Å². The van der Waals surface area contributed by atoms with Crippen LogP contribution in [-0.2, 0) is 12.7 Å². The molecule has 0 aliphatic rings. The number of nitrogens with zero attached hydrogens (tertiary/aromatic N) is 1. The molecule has 0 saturated heterocycles. The molecule has 8 heteroatoms. The maximum atomic E-state index is 13.8. The molecular weight excluding hydrogens is 320 g/mol. The van der Waals surface area contributed by atoms with Crippen LogP contribution in [0.1, 0.15) is 31.5 Å². The minimum Gasteiger partial charge on any atom is -0.346 e. The van der Waals surface area contributed by atoms with Crippen LogP contribution in [-0.4, -0.2) is 10.9 Å². The standard InChI is InChI=1S/C14H12F4N2OS/c1-7-12(20-8(2)22-7)13(21)19-6-9-4-3-5-10(11(9)15)14(16,17)18/h3-5H,6H2,1-2H3,(H,19,21). The van der Waals surface area contributed by atoms with Gasteiger partial charge in [-0.25, -0.2) is 9.37 Å². The fraction of sp³-hybridized carbons (Fsp3) is 0.286. The molecule has 0 aliphatic heterocycles. The van der Waals surface area contributed by atoms with Gasteiger partial charge in [0.05, 0.1) is 10.6 Å². The van der Waals surface area contributed by atoms with Crippen molar-refractivity contribution in [1.29, 1.82) is 0 Å². The molecule has 1 amide bonds. The summed E-state index contributed by atoms with van der Waals surface area (Å²) in [5.74, 6) is -1.92. The SMILES string of the molecule is Cc1nc(C(=O)NCc2cccc(C(F)(F)F)c2F)c(C)s1.